The highest BCUT2D eigenvalue weighted by molar-refractivity contribution is 5.52. The molecule has 2 aliphatic rings. The summed E-state index contributed by atoms with van der Waals surface area (Å²) in [4.78, 5) is 17.7. The number of rotatable bonds is 4. The first-order valence-corrected chi connectivity index (χ1v) is 9.42. The summed E-state index contributed by atoms with van der Waals surface area (Å²) in [5.41, 5.74) is 24.6. The number of anilines is 4. The molecule has 0 bridgehead atoms. The van der Waals surface area contributed by atoms with Crippen LogP contribution in [0.5, 0.6) is 0 Å². The molecule has 2 saturated heterocycles. The molecule has 4 unspecified atom stereocenters. The van der Waals surface area contributed by atoms with Crippen LogP contribution in [-0.2, 0) is 0 Å². The average Bonchev–Trinajstić information content (AvgIpc) is 3.13. The fraction of sp³-hybridized carbons (Fsp3) is 0.625. The van der Waals surface area contributed by atoms with E-state index in [2.05, 4.69) is 25.4 Å². The predicted octanol–water partition coefficient (Wildman–Crippen LogP) is -1.67. The van der Waals surface area contributed by atoms with Crippen LogP contribution in [0.4, 0.5) is 23.7 Å². The van der Waals surface area contributed by atoms with Crippen LogP contribution in [-0.4, -0.2) is 70.5 Å². The fourth-order valence-corrected chi connectivity index (χ4v) is 3.77. The van der Waals surface area contributed by atoms with Crippen molar-refractivity contribution in [1.29, 1.82) is 0 Å². The second-order valence-corrected chi connectivity index (χ2v) is 7.59. The van der Waals surface area contributed by atoms with Crippen molar-refractivity contribution in [2.45, 2.75) is 37.0 Å². The minimum atomic E-state index is -0.0345. The summed E-state index contributed by atoms with van der Waals surface area (Å²) < 4.78 is 4.87. The predicted molar refractivity (Wildman–Crippen MR) is 105 cm³/mol. The van der Waals surface area contributed by atoms with Crippen LogP contribution in [0.15, 0.2) is 16.9 Å². The molecule has 0 aromatic carbocycles. The molecule has 0 amide bonds. The molecule has 9 N–H and O–H groups in total. The number of hydrogen-bond donors (Lipinski definition) is 5. The van der Waals surface area contributed by atoms with Gasteiger partial charge in [0.2, 0.25) is 17.8 Å². The second kappa shape index (κ2) is 7.83. The lowest BCUT2D eigenvalue weighted by molar-refractivity contribution is 0.422. The molecule has 2 aromatic rings. The number of aromatic nitrogens is 4. The van der Waals surface area contributed by atoms with Gasteiger partial charge in [0.25, 0.3) is 0 Å². The Hall–Kier alpha value is -2.54. The third-order valence-corrected chi connectivity index (χ3v) is 4.89. The van der Waals surface area contributed by atoms with E-state index in [4.69, 9.17) is 27.5 Å². The number of hydrogen-bond acceptors (Lipinski definition) is 12. The summed E-state index contributed by atoms with van der Waals surface area (Å²) >= 11 is 0. The van der Waals surface area contributed by atoms with Gasteiger partial charge in [0.1, 0.15) is 6.26 Å². The van der Waals surface area contributed by atoms with Crippen molar-refractivity contribution in [2.24, 2.45) is 22.9 Å². The zero-order valence-electron chi connectivity index (χ0n) is 15.6. The highest BCUT2D eigenvalue weighted by atomic mass is 16.5. The highest BCUT2D eigenvalue weighted by Gasteiger charge is 2.28. The van der Waals surface area contributed by atoms with Crippen molar-refractivity contribution in [3.8, 4) is 0 Å². The first-order chi connectivity index (χ1) is 13.5. The van der Waals surface area contributed by atoms with E-state index in [9.17, 15) is 0 Å². The minimum absolute atomic E-state index is 0.0345. The average molecular weight is 389 g/mol. The molecule has 2 aliphatic heterocycles. The lowest BCUT2D eigenvalue weighted by atomic mass is 10.0. The Morgan fingerprint density at radius 2 is 1.32 bits per heavy atom. The van der Waals surface area contributed by atoms with E-state index in [0.717, 1.165) is 12.8 Å². The van der Waals surface area contributed by atoms with Crippen molar-refractivity contribution in [3.05, 3.63) is 12.3 Å². The van der Waals surface area contributed by atoms with Gasteiger partial charge in [-0.3, -0.25) is 0 Å². The Balaban J connectivity index is 1.66. The van der Waals surface area contributed by atoms with E-state index in [0.29, 0.717) is 49.8 Å². The van der Waals surface area contributed by atoms with E-state index in [-0.39, 0.29) is 24.2 Å². The SMILES string of the molecule is NC1CC(N)CN(c2nc(Nc3ccon3)nc(N3CC(N)CC(N)C3)n2)C1. The van der Waals surface area contributed by atoms with Crippen molar-refractivity contribution < 1.29 is 4.52 Å². The minimum Gasteiger partial charge on any atom is -0.363 e. The van der Waals surface area contributed by atoms with Gasteiger partial charge in [-0.15, -0.1) is 0 Å². The Kier molecular flexibility index (Phi) is 5.26. The molecule has 4 heterocycles. The Morgan fingerprint density at radius 3 is 1.75 bits per heavy atom. The Bertz CT molecular complexity index is 721. The maximum Gasteiger partial charge on any atom is 0.235 e. The van der Waals surface area contributed by atoms with Gasteiger partial charge in [0.15, 0.2) is 5.82 Å². The van der Waals surface area contributed by atoms with E-state index in [1.54, 1.807) is 6.07 Å². The molecule has 0 aliphatic carbocycles. The third kappa shape index (κ3) is 4.30. The molecule has 12 nitrogen and oxygen atoms in total. The van der Waals surface area contributed by atoms with Crippen LogP contribution in [0.3, 0.4) is 0 Å². The first-order valence-electron chi connectivity index (χ1n) is 9.42. The fourth-order valence-electron chi connectivity index (χ4n) is 3.77. The summed E-state index contributed by atoms with van der Waals surface area (Å²) in [6.45, 7) is 2.50. The van der Waals surface area contributed by atoms with Gasteiger partial charge in [-0.1, -0.05) is 5.16 Å². The van der Waals surface area contributed by atoms with Crippen molar-refractivity contribution in [2.75, 3.05) is 41.3 Å². The molecule has 152 valence electrons. The smallest absolute Gasteiger partial charge is 0.235 e. The molecule has 12 heteroatoms. The lowest BCUT2D eigenvalue weighted by Gasteiger charge is -2.36. The molecule has 2 aromatic heterocycles. The molecule has 4 rings (SSSR count). The van der Waals surface area contributed by atoms with Gasteiger partial charge in [-0.25, -0.2) is 0 Å². The number of nitrogens with two attached hydrogens (primary N) is 4. The Labute approximate surface area is 162 Å². The molecule has 28 heavy (non-hydrogen) atoms. The van der Waals surface area contributed by atoms with Gasteiger partial charge in [-0.2, -0.15) is 15.0 Å². The van der Waals surface area contributed by atoms with Gasteiger partial charge in [0, 0.05) is 56.4 Å². The zero-order valence-corrected chi connectivity index (χ0v) is 15.6. The van der Waals surface area contributed by atoms with Gasteiger partial charge in [0.05, 0.1) is 0 Å². The second-order valence-electron chi connectivity index (χ2n) is 7.59. The number of nitrogens with zero attached hydrogens (tertiary/aromatic N) is 6. The number of nitrogens with one attached hydrogen (secondary N) is 1. The van der Waals surface area contributed by atoms with Crippen LogP contribution in [0.1, 0.15) is 12.8 Å². The quantitative estimate of drug-likeness (QED) is 0.401. The summed E-state index contributed by atoms with van der Waals surface area (Å²) in [6, 6.07) is 1.55. The molecular formula is C16H27N11O. The summed E-state index contributed by atoms with van der Waals surface area (Å²) in [7, 11) is 0. The molecule has 0 radical (unpaired) electrons. The van der Waals surface area contributed by atoms with E-state index < -0.39 is 0 Å². The van der Waals surface area contributed by atoms with Gasteiger partial charge in [-0.05, 0) is 12.8 Å². The van der Waals surface area contributed by atoms with E-state index in [1.807, 2.05) is 9.80 Å². The largest absolute Gasteiger partial charge is 0.363 e. The van der Waals surface area contributed by atoms with Gasteiger partial charge < -0.3 is 42.6 Å². The topological polar surface area (TPSA) is 187 Å². The summed E-state index contributed by atoms with van der Waals surface area (Å²) in [6.07, 6.45) is 3.01. The van der Waals surface area contributed by atoms with Crippen LogP contribution in [0.2, 0.25) is 0 Å². The van der Waals surface area contributed by atoms with Crippen LogP contribution in [0.25, 0.3) is 0 Å². The standard InChI is InChI=1S/C16H27N11O/c17-9-3-10(18)6-26(5-9)15-22-14(21-13-1-2-28-25-13)23-16(24-15)27-7-11(19)4-12(20)8-27/h1-2,9-12H,3-8,17-20H2,(H,21,22,23,24,25). The van der Waals surface area contributed by atoms with Crippen LogP contribution >= 0.6 is 0 Å². The van der Waals surface area contributed by atoms with Crippen molar-refractivity contribution in [3.63, 3.8) is 0 Å². The molecular weight excluding hydrogens is 362 g/mol. The summed E-state index contributed by atoms with van der Waals surface area (Å²) in [5, 5.41) is 6.89. The summed E-state index contributed by atoms with van der Waals surface area (Å²) in [5.74, 6) is 1.88. The molecule has 2 fully saturated rings. The van der Waals surface area contributed by atoms with Crippen LogP contribution in [0, 0.1) is 0 Å². The number of piperidine rings is 2. The van der Waals surface area contributed by atoms with E-state index >= 15 is 0 Å². The van der Waals surface area contributed by atoms with E-state index in [1.165, 1.54) is 6.26 Å². The zero-order chi connectivity index (χ0) is 19.7. The first kappa shape index (κ1) is 18.8. The normalized spacial score (nSPS) is 28.4. The maximum atomic E-state index is 6.14. The third-order valence-electron chi connectivity index (χ3n) is 4.89. The van der Waals surface area contributed by atoms with Crippen molar-refractivity contribution in [1.82, 2.24) is 20.1 Å². The van der Waals surface area contributed by atoms with Crippen LogP contribution < -0.4 is 38.1 Å². The lowest BCUT2D eigenvalue weighted by Crippen LogP contribution is -2.54. The van der Waals surface area contributed by atoms with Gasteiger partial charge >= 0.3 is 0 Å². The molecule has 4 atom stereocenters. The molecule has 0 spiro atoms. The monoisotopic (exact) mass is 389 g/mol. The van der Waals surface area contributed by atoms with Crippen molar-refractivity contribution >= 4 is 23.7 Å². The maximum absolute atomic E-state index is 6.14. The molecule has 0 saturated carbocycles. The highest BCUT2D eigenvalue weighted by Crippen LogP contribution is 2.23. The Morgan fingerprint density at radius 1 is 0.821 bits per heavy atom.